The first kappa shape index (κ1) is 12.9. The topological polar surface area (TPSA) is 104 Å². The van der Waals surface area contributed by atoms with Crippen LogP contribution in [0.2, 0.25) is 0 Å². The van der Waals surface area contributed by atoms with Gasteiger partial charge in [-0.2, -0.15) is 0 Å². The van der Waals surface area contributed by atoms with E-state index in [9.17, 15) is 14.7 Å². The molecular formula is C10H18N2O4. The van der Waals surface area contributed by atoms with Crippen molar-refractivity contribution in [2.75, 3.05) is 6.54 Å². The fraction of sp³-hybridized carbons (Fsp3) is 0.800. The Hall–Kier alpha value is -1.14. The van der Waals surface area contributed by atoms with Crippen molar-refractivity contribution in [3.63, 3.8) is 0 Å². The second kappa shape index (κ2) is 5.27. The van der Waals surface area contributed by atoms with Crippen LogP contribution in [-0.2, 0) is 9.59 Å². The molecule has 0 aromatic rings. The average molecular weight is 230 g/mol. The second-order valence-corrected chi connectivity index (χ2v) is 4.13. The van der Waals surface area contributed by atoms with E-state index < -0.39 is 24.2 Å². The molecule has 1 saturated heterocycles. The molecule has 6 nitrogen and oxygen atoms in total. The summed E-state index contributed by atoms with van der Waals surface area (Å²) >= 11 is 0. The lowest BCUT2D eigenvalue weighted by Gasteiger charge is -2.24. The third kappa shape index (κ3) is 2.70. The van der Waals surface area contributed by atoms with Crippen molar-refractivity contribution in [2.24, 2.45) is 5.73 Å². The van der Waals surface area contributed by atoms with Crippen LogP contribution in [0, 0.1) is 0 Å². The Morgan fingerprint density at radius 2 is 2.19 bits per heavy atom. The lowest BCUT2D eigenvalue weighted by molar-refractivity contribution is -0.148. The molecule has 1 amide bonds. The number of aliphatic hydroxyl groups is 1. The van der Waals surface area contributed by atoms with E-state index in [-0.39, 0.29) is 18.9 Å². The predicted molar refractivity (Wildman–Crippen MR) is 56.6 cm³/mol. The first-order chi connectivity index (χ1) is 7.47. The van der Waals surface area contributed by atoms with Crippen LogP contribution >= 0.6 is 0 Å². The number of amides is 1. The highest BCUT2D eigenvalue weighted by atomic mass is 16.4. The summed E-state index contributed by atoms with van der Waals surface area (Å²) in [7, 11) is 0. The maximum Gasteiger partial charge on any atom is 0.326 e. The fourth-order valence-corrected chi connectivity index (χ4v) is 1.94. The lowest BCUT2D eigenvalue weighted by atomic mass is 10.1. The summed E-state index contributed by atoms with van der Waals surface area (Å²) in [6.45, 7) is 1.97. The van der Waals surface area contributed by atoms with Crippen molar-refractivity contribution in [3.05, 3.63) is 0 Å². The van der Waals surface area contributed by atoms with E-state index in [4.69, 9.17) is 10.8 Å². The first-order valence-electron chi connectivity index (χ1n) is 5.44. The standard InChI is InChI=1S/C10H18N2O4/c1-2-3-7(11)9(14)12-5-6(13)4-8(12)10(15)16/h6-8,13H,2-5,11H2,1H3,(H,15,16)/t6?,7-,8+/m1/s1. The average Bonchev–Trinajstić information content (AvgIpc) is 2.59. The van der Waals surface area contributed by atoms with Crippen LogP contribution in [0.3, 0.4) is 0 Å². The Bertz CT molecular complexity index is 282. The highest BCUT2D eigenvalue weighted by Crippen LogP contribution is 2.19. The van der Waals surface area contributed by atoms with Gasteiger partial charge < -0.3 is 20.8 Å². The van der Waals surface area contributed by atoms with Crippen molar-refractivity contribution < 1.29 is 19.8 Å². The van der Waals surface area contributed by atoms with Gasteiger partial charge in [-0.05, 0) is 6.42 Å². The molecule has 3 atom stereocenters. The van der Waals surface area contributed by atoms with Crippen molar-refractivity contribution in [2.45, 2.75) is 44.4 Å². The number of carbonyl (C=O) groups is 2. The van der Waals surface area contributed by atoms with Gasteiger partial charge in [0.2, 0.25) is 5.91 Å². The lowest BCUT2D eigenvalue weighted by Crippen LogP contribution is -2.48. The summed E-state index contributed by atoms with van der Waals surface area (Å²) in [5.74, 6) is -1.47. The van der Waals surface area contributed by atoms with Gasteiger partial charge in [0.1, 0.15) is 6.04 Å². The Balaban J connectivity index is 2.70. The van der Waals surface area contributed by atoms with E-state index >= 15 is 0 Å². The zero-order valence-corrected chi connectivity index (χ0v) is 9.30. The molecule has 0 saturated carbocycles. The summed E-state index contributed by atoms with van der Waals surface area (Å²) in [5.41, 5.74) is 5.65. The van der Waals surface area contributed by atoms with Crippen LogP contribution in [0.5, 0.6) is 0 Å². The molecule has 0 aromatic carbocycles. The number of hydrogen-bond donors (Lipinski definition) is 3. The third-order valence-electron chi connectivity index (χ3n) is 2.76. The van der Waals surface area contributed by atoms with Crippen LogP contribution in [0.15, 0.2) is 0 Å². The Morgan fingerprint density at radius 3 is 2.69 bits per heavy atom. The minimum absolute atomic E-state index is 0.0627. The van der Waals surface area contributed by atoms with E-state index in [2.05, 4.69) is 0 Å². The molecule has 4 N–H and O–H groups in total. The van der Waals surface area contributed by atoms with Crippen LogP contribution in [0.25, 0.3) is 0 Å². The SMILES string of the molecule is CCC[C@@H](N)C(=O)N1CC(O)C[C@H]1C(=O)O. The van der Waals surface area contributed by atoms with Crippen LogP contribution < -0.4 is 5.73 Å². The molecule has 1 rings (SSSR count). The van der Waals surface area contributed by atoms with E-state index in [0.717, 1.165) is 6.42 Å². The molecule has 1 heterocycles. The third-order valence-corrected chi connectivity index (χ3v) is 2.76. The van der Waals surface area contributed by atoms with E-state index in [1.807, 2.05) is 6.92 Å². The quantitative estimate of drug-likeness (QED) is 0.584. The largest absolute Gasteiger partial charge is 0.480 e. The number of hydrogen-bond acceptors (Lipinski definition) is 4. The summed E-state index contributed by atoms with van der Waals surface area (Å²) < 4.78 is 0. The molecule has 0 aliphatic carbocycles. The van der Waals surface area contributed by atoms with Crippen LogP contribution in [0.1, 0.15) is 26.2 Å². The molecule has 92 valence electrons. The number of β-amino-alcohol motifs (C(OH)–C–C–N with tert-alkyl or cyclic N) is 1. The minimum atomic E-state index is -1.09. The highest BCUT2D eigenvalue weighted by Gasteiger charge is 2.40. The Morgan fingerprint density at radius 1 is 1.56 bits per heavy atom. The number of nitrogens with zero attached hydrogens (tertiary/aromatic N) is 1. The van der Waals surface area contributed by atoms with E-state index in [1.54, 1.807) is 0 Å². The molecule has 16 heavy (non-hydrogen) atoms. The number of carbonyl (C=O) groups excluding carboxylic acids is 1. The zero-order valence-electron chi connectivity index (χ0n) is 9.30. The molecule has 1 aliphatic rings. The monoisotopic (exact) mass is 230 g/mol. The summed E-state index contributed by atoms with van der Waals surface area (Å²) in [4.78, 5) is 23.9. The molecule has 1 unspecified atom stereocenters. The molecular weight excluding hydrogens is 212 g/mol. The van der Waals surface area contributed by atoms with Crippen LogP contribution in [-0.4, -0.2) is 51.7 Å². The maximum absolute atomic E-state index is 11.8. The molecule has 0 aromatic heterocycles. The van der Waals surface area contributed by atoms with E-state index in [0.29, 0.717) is 6.42 Å². The maximum atomic E-state index is 11.8. The van der Waals surface area contributed by atoms with Crippen molar-refractivity contribution in [3.8, 4) is 0 Å². The molecule has 0 radical (unpaired) electrons. The summed E-state index contributed by atoms with van der Waals surface area (Å²) in [5, 5.41) is 18.3. The smallest absolute Gasteiger partial charge is 0.326 e. The number of carboxylic acids is 1. The van der Waals surface area contributed by atoms with Gasteiger partial charge in [0, 0.05) is 13.0 Å². The van der Waals surface area contributed by atoms with Gasteiger partial charge in [0.05, 0.1) is 12.1 Å². The van der Waals surface area contributed by atoms with Gasteiger partial charge in [-0.15, -0.1) is 0 Å². The van der Waals surface area contributed by atoms with Crippen LogP contribution in [0.4, 0.5) is 0 Å². The van der Waals surface area contributed by atoms with Gasteiger partial charge in [0.25, 0.3) is 0 Å². The van der Waals surface area contributed by atoms with Crippen molar-refractivity contribution in [1.29, 1.82) is 0 Å². The Kier molecular flexibility index (Phi) is 4.26. The van der Waals surface area contributed by atoms with Gasteiger partial charge in [-0.3, -0.25) is 4.79 Å². The van der Waals surface area contributed by atoms with Crippen molar-refractivity contribution in [1.82, 2.24) is 4.90 Å². The number of likely N-dealkylation sites (tertiary alicyclic amines) is 1. The fourth-order valence-electron chi connectivity index (χ4n) is 1.94. The Labute approximate surface area is 94.0 Å². The summed E-state index contributed by atoms with van der Waals surface area (Å²) in [6.07, 6.45) is 0.609. The normalized spacial score (nSPS) is 26.8. The van der Waals surface area contributed by atoms with Gasteiger partial charge >= 0.3 is 5.97 Å². The van der Waals surface area contributed by atoms with Crippen molar-refractivity contribution >= 4 is 11.9 Å². The van der Waals surface area contributed by atoms with E-state index in [1.165, 1.54) is 4.90 Å². The number of aliphatic carboxylic acids is 1. The van der Waals surface area contributed by atoms with Gasteiger partial charge in [-0.25, -0.2) is 4.79 Å². The van der Waals surface area contributed by atoms with Gasteiger partial charge in [0.15, 0.2) is 0 Å². The molecule has 0 spiro atoms. The highest BCUT2D eigenvalue weighted by molar-refractivity contribution is 5.87. The minimum Gasteiger partial charge on any atom is -0.480 e. The second-order valence-electron chi connectivity index (χ2n) is 4.13. The molecule has 6 heteroatoms. The number of rotatable bonds is 4. The first-order valence-corrected chi connectivity index (χ1v) is 5.44. The molecule has 1 fully saturated rings. The zero-order chi connectivity index (χ0) is 12.3. The summed E-state index contributed by atoms with van der Waals surface area (Å²) in [6, 6.07) is -1.61. The predicted octanol–water partition coefficient (Wildman–Crippen LogP) is -0.840. The number of nitrogens with two attached hydrogens (primary N) is 1. The molecule has 0 bridgehead atoms. The van der Waals surface area contributed by atoms with Gasteiger partial charge in [-0.1, -0.05) is 13.3 Å². The molecule has 1 aliphatic heterocycles. The number of aliphatic hydroxyl groups excluding tert-OH is 1. The number of carboxylic acid groups (broad SMARTS) is 1.